The van der Waals surface area contributed by atoms with Gasteiger partial charge in [0, 0.05) is 61.3 Å². The minimum Gasteiger partial charge on any atom is -0.398 e. The highest BCUT2D eigenvalue weighted by molar-refractivity contribution is 7.86. The molecule has 0 atom stereocenters. The van der Waals surface area contributed by atoms with Crippen LogP contribution in [0.5, 0.6) is 0 Å². The summed E-state index contributed by atoms with van der Waals surface area (Å²) >= 11 is 0. The van der Waals surface area contributed by atoms with Gasteiger partial charge < -0.3 is 21.4 Å². The lowest BCUT2D eigenvalue weighted by Gasteiger charge is -2.11. The van der Waals surface area contributed by atoms with Crippen molar-refractivity contribution in [3.63, 3.8) is 0 Å². The Kier molecular flexibility index (Phi) is 9.58. The van der Waals surface area contributed by atoms with E-state index in [1.165, 1.54) is 54.6 Å². The number of nitrogens with one attached hydrogen (secondary N) is 2. The maximum absolute atomic E-state index is 12.4. The van der Waals surface area contributed by atoms with Crippen molar-refractivity contribution in [1.29, 1.82) is 0 Å². The fraction of sp³-hybridized carbons (Fsp3) is 0. The number of hydrogen-bond donors (Lipinski definition) is 7. The molecular formula is C44H32N6O9S3. The van der Waals surface area contributed by atoms with E-state index in [-0.39, 0.29) is 14.7 Å². The first-order chi connectivity index (χ1) is 29.4. The lowest BCUT2D eigenvalue weighted by Crippen LogP contribution is -1.99. The standard InChI is InChI=1S/C44H32N6O9S3/c45-30-11-4-12-31(46)43(30)44-38-19-17-36(49-38)41(25-6-2-9-28(22-25)61(54,55)56)34-15-13-32(47-34)40(24-5-1-8-27(21-24)60(51,52)53)33-14-16-35(48-33)42(37-18-20-39(44)50-37)26-7-3-10-29(23-26)62(57,58)59/h1-23,47,50H,45-46H2,(H,51,52,53)(H,54,55,56)(H,57,58,59). The molecule has 0 saturated heterocycles. The van der Waals surface area contributed by atoms with E-state index in [9.17, 15) is 38.9 Å². The van der Waals surface area contributed by atoms with E-state index < -0.39 is 30.4 Å². The number of fused-ring (bicyclic) bond motifs is 8. The van der Waals surface area contributed by atoms with Gasteiger partial charge in [-0.25, -0.2) is 9.97 Å². The van der Waals surface area contributed by atoms with Crippen molar-refractivity contribution in [1.82, 2.24) is 19.9 Å². The SMILES string of the molecule is Nc1cccc(N)c1-c1c2nc(c(-c3cccc(S(=O)(=O)O)c3)c3ccc([nH]3)c(-c3cccc(S(=O)(=O)O)c3)c3nc(c(-c4cccc(S(=O)(=O)O)c4)c4ccc1[nH]4)C=C3)C=C2. The molecule has 18 heteroatoms. The monoisotopic (exact) mass is 884 g/mol. The topological polar surface area (TPSA) is 273 Å². The summed E-state index contributed by atoms with van der Waals surface area (Å²) in [7, 11) is -13.9. The highest BCUT2D eigenvalue weighted by Gasteiger charge is 2.23. The number of nitrogen functional groups attached to an aromatic ring is 2. The Hall–Kier alpha value is -7.19. The second-order valence-corrected chi connectivity index (χ2v) is 18.6. The van der Waals surface area contributed by atoms with Gasteiger partial charge in [-0.2, -0.15) is 25.3 Å². The molecule has 0 radical (unpaired) electrons. The number of nitrogens with zero attached hydrogens (tertiary/aromatic N) is 2. The van der Waals surface area contributed by atoms with Crippen LogP contribution in [0.4, 0.5) is 11.4 Å². The number of aromatic amines is 2. The second kappa shape index (κ2) is 14.8. The van der Waals surface area contributed by atoms with Crippen LogP contribution >= 0.6 is 0 Å². The van der Waals surface area contributed by atoms with Gasteiger partial charge in [0.05, 0.1) is 37.5 Å². The predicted molar refractivity (Wildman–Crippen MR) is 239 cm³/mol. The van der Waals surface area contributed by atoms with Gasteiger partial charge in [-0.15, -0.1) is 0 Å². The van der Waals surface area contributed by atoms with Crippen molar-refractivity contribution in [3.05, 3.63) is 138 Å². The minimum atomic E-state index is -4.65. The van der Waals surface area contributed by atoms with Crippen molar-refractivity contribution in [2.75, 3.05) is 11.5 Å². The van der Waals surface area contributed by atoms with Gasteiger partial charge in [-0.1, -0.05) is 42.5 Å². The first-order valence-corrected chi connectivity index (χ1v) is 22.8. The van der Waals surface area contributed by atoms with Gasteiger partial charge in [0.1, 0.15) is 0 Å². The van der Waals surface area contributed by atoms with Gasteiger partial charge in [-0.05, 0) is 114 Å². The first-order valence-electron chi connectivity index (χ1n) is 18.5. The Labute approximate surface area is 354 Å². The minimum absolute atomic E-state index is 0.323. The highest BCUT2D eigenvalue weighted by atomic mass is 32.2. The van der Waals surface area contributed by atoms with Gasteiger partial charge in [0.15, 0.2) is 0 Å². The molecule has 2 aliphatic heterocycles. The van der Waals surface area contributed by atoms with Gasteiger partial charge in [-0.3, -0.25) is 13.7 Å². The van der Waals surface area contributed by atoms with E-state index in [1.807, 2.05) is 0 Å². The Bertz CT molecular complexity index is 3560. The molecular weight excluding hydrogens is 853 g/mol. The summed E-state index contributed by atoms with van der Waals surface area (Å²) in [6.07, 6.45) is 6.86. The Morgan fingerprint density at radius 2 is 0.677 bits per heavy atom. The largest absolute Gasteiger partial charge is 0.398 e. The fourth-order valence-corrected chi connectivity index (χ4v) is 9.27. The normalized spacial score (nSPS) is 12.8. The van der Waals surface area contributed by atoms with E-state index in [4.69, 9.17) is 21.4 Å². The summed E-state index contributed by atoms with van der Waals surface area (Å²) in [6, 6.07) is 29.1. The van der Waals surface area contributed by atoms with Crippen LogP contribution in [0.25, 0.3) is 90.9 Å². The third-order valence-corrected chi connectivity index (χ3v) is 12.9. The van der Waals surface area contributed by atoms with Crippen molar-refractivity contribution in [3.8, 4) is 44.5 Å². The van der Waals surface area contributed by atoms with Crippen LogP contribution in [0.1, 0.15) is 22.8 Å². The Morgan fingerprint density at radius 1 is 0.387 bits per heavy atom. The summed E-state index contributed by atoms with van der Waals surface area (Å²) in [5.41, 5.74) is 20.3. The maximum Gasteiger partial charge on any atom is 0.294 e. The van der Waals surface area contributed by atoms with E-state index in [1.54, 1.807) is 85.0 Å². The number of benzene rings is 4. The predicted octanol–water partition coefficient (Wildman–Crippen LogP) is 8.23. The van der Waals surface area contributed by atoms with Crippen molar-refractivity contribution in [2.24, 2.45) is 0 Å². The van der Waals surface area contributed by atoms with Crippen molar-refractivity contribution >= 4 is 88.1 Å². The van der Waals surface area contributed by atoms with E-state index in [0.29, 0.717) is 101 Å². The number of nitrogens with two attached hydrogens (primary N) is 2. The van der Waals surface area contributed by atoms with Crippen LogP contribution in [0, 0.1) is 0 Å². The lowest BCUT2D eigenvalue weighted by molar-refractivity contribution is 0.481. The third kappa shape index (κ3) is 7.36. The van der Waals surface area contributed by atoms with E-state index >= 15 is 0 Å². The Balaban J connectivity index is 1.50. The van der Waals surface area contributed by atoms with Crippen LogP contribution < -0.4 is 11.5 Å². The maximum atomic E-state index is 12.4. The van der Waals surface area contributed by atoms with Gasteiger partial charge in [0.2, 0.25) is 0 Å². The average molecular weight is 885 g/mol. The molecule has 9 N–H and O–H groups in total. The zero-order chi connectivity index (χ0) is 43.7. The molecule has 3 aromatic heterocycles. The summed E-state index contributed by atoms with van der Waals surface area (Å²) in [6.45, 7) is 0. The number of anilines is 2. The first kappa shape index (κ1) is 40.2. The van der Waals surface area contributed by atoms with Crippen LogP contribution in [0.15, 0.2) is 130 Å². The average Bonchev–Trinajstić information content (AvgIpc) is 4.06. The summed E-state index contributed by atoms with van der Waals surface area (Å²) < 4.78 is 105. The zero-order valence-corrected chi connectivity index (χ0v) is 34.3. The molecule has 2 aliphatic rings. The second-order valence-electron chi connectivity index (χ2n) is 14.3. The summed E-state index contributed by atoms with van der Waals surface area (Å²) in [5, 5.41) is 0. The molecule has 62 heavy (non-hydrogen) atoms. The molecule has 8 bridgehead atoms. The quantitative estimate of drug-likeness (QED) is 0.0588. The Morgan fingerprint density at radius 3 is 1.00 bits per heavy atom. The molecule has 0 amide bonds. The number of H-pyrrole nitrogens is 2. The molecule has 5 heterocycles. The summed E-state index contributed by atoms with van der Waals surface area (Å²) in [4.78, 5) is 15.9. The molecule has 4 aromatic carbocycles. The van der Waals surface area contributed by atoms with Crippen LogP contribution in [-0.2, 0) is 30.4 Å². The smallest absolute Gasteiger partial charge is 0.294 e. The lowest BCUT2D eigenvalue weighted by atomic mass is 10.00. The third-order valence-electron chi connectivity index (χ3n) is 10.4. The van der Waals surface area contributed by atoms with Gasteiger partial charge in [0.25, 0.3) is 30.4 Å². The zero-order valence-electron chi connectivity index (χ0n) is 31.8. The molecule has 0 fully saturated rings. The van der Waals surface area contributed by atoms with Crippen LogP contribution in [0.2, 0.25) is 0 Å². The molecule has 0 unspecified atom stereocenters. The number of aromatic nitrogens is 4. The molecule has 0 saturated carbocycles. The fourth-order valence-electron chi connectivity index (χ4n) is 7.69. The van der Waals surface area contributed by atoms with E-state index in [2.05, 4.69) is 9.97 Å². The number of hydrogen-bond acceptors (Lipinski definition) is 10. The highest BCUT2D eigenvalue weighted by Crippen LogP contribution is 2.41. The van der Waals surface area contributed by atoms with Crippen molar-refractivity contribution in [2.45, 2.75) is 14.7 Å². The molecule has 0 spiro atoms. The molecule has 310 valence electrons. The van der Waals surface area contributed by atoms with Crippen molar-refractivity contribution < 1.29 is 38.9 Å². The molecule has 0 aliphatic carbocycles. The van der Waals surface area contributed by atoms with Crippen LogP contribution in [0.3, 0.4) is 0 Å². The van der Waals surface area contributed by atoms with Gasteiger partial charge >= 0.3 is 0 Å². The molecule has 7 aromatic rings. The van der Waals surface area contributed by atoms with E-state index in [0.717, 1.165) is 0 Å². The number of rotatable bonds is 7. The van der Waals surface area contributed by atoms with Crippen LogP contribution in [-0.4, -0.2) is 58.8 Å². The molecule has 15 nitrogen and oxygen atoms in total. The summed E-state index contributed by atoms with van der Waals surface area (Å²) in [5.74, 6) is 0. The molecule has 9 rings (SSSR count).